The Morgan fingerprint density at radius 2 is 1.94 bits per heavy atom. The first-order valence-corrected chi connectivity index (χ1v) is 18.2. The average molecular weight is 681 g/mol. The smallest absolute Gasteiger partial charge is 0.259 e. The third-order valence-electron chi connectivity index (χ3n) is 9.75. The van der Waals surface area contributed by atoms with Crippen molar-refractivity contribution in [3.05, 3.63) is 24.8 Å². The van der Waals surface area contributed by atoms with Crippen molar-refractivity contribution in [1.29, 1.82) is 0 Å². The Kier molecular flexibility index (Phi) is 10.3. The number of nitrogens with zero attached hydrogens (tertiary/aromatic N) is 3. The van der Waals surface area contributed by atoms with E-state index in [2.05, 4.69) is 11.9 Å². The van der Waals surface area contributed by atoms with Crippen molar-refractivity contribution in [2.75, 3.05) is 6.54 Å². The molecule has 4 fully saturated rings. The fraction of sp³-hybridized carbons (Fsp3) is 0.719. The summed E-state index contributed by atoms with van der Waals surface area (Å²) in [5.74, 6) is -6.08. The Bertz CT molecular complexity index is 1460. The quantitative estimate of drug-likeness (QED) is 0.347. The van der Waals surface area contributed by atoms with Gasteiger partial charge in [0, 0.05) is 19.3 Å². The van der Waals surface area contributed by atoms with E-state index in [1.165, 1.54) is 4.90 Å². The number of allylic oxidation sites excluding steroid dienone is 2. The molecule has 0 aromatic rings. The van der Waals surface area contributed by atoms with Crippen LogP contribution in [0.15, 0.2) is 34.8 Å². The molecule has 7 atom stereocenters. The molecule has 5 aliphatic rings. The fourth-order valence-electron chi connectivity index (χ4n) is 6.74. The van der Waals surface area contributed by atoms with Gasteiger partial charge in [0.2, 0.25) is 33.7 Å². The van der Waals surface area contributed by atoms with E-state index in [-0.39, 0.29) is 44.3 Å². The maximum atomic E-state index is 15.1. The highest BCUT2D eigenvalue weighted by Gasteiger charge is 2.65. The topological polar surface area (TPSA) is 173 Å². The molecule has 0 aromatic carbocycles. The highest BCUT2D eigenvalue weighted by molar-refractivity contribution is 7.91. The first-order chi connectivity index (χ1) is 22.2. The summed E-state index contributed by atoms with van der Waals surface area (Å²) < 4.78 is 63.8. The van der Waals surface area contributed by atoms with Crippen molar-refractivity contribution in [2.45, 2.75) is 131 Å². The largest absolute Gasteiger partial charge is 0.471 e. The van der Waals surface area contributed by atoms with Gasteiger partial charge < -0.3 is 20.7 Å². The minimum atomic E-state index is -4.01. The second-order valence-corrected chi connectivity index (χ2v) is 15.5. The summed E-state index contributed by atoms with van der Waals surface area (Å²) in [5, 5.41) is 1.91. The molecular weight excluding hydrogens is 634 g/mol. The molecule has 260 valence electrons. The van der Waals surface area contributed by atoms with Crippen LogP contribution in [0.4, 0.5) is 8.78 Å². The van der Waals surface area contributed by atoms with Gasteiger partial charge in [-0.1, -0.05) is 44.6 Å². The minimum absolute atomic E-state index is 0.000106. The Morgan fingerprint density at radius 3 is 2.62 bits per heavy atom. The molecule has 4 N–H and O–H groups in total. The van der Waals surface area contributed by atoms with Crippen LogP contribution in [0.5, 0.6) is 0 Å². The number of carbonyl (C=O) groups excluding carboxylic acids is 3. The molecule has 0 aromatic heterocycles. The van der Waals surface area contributed by atoms with E-state index >= 15 is 8.78 Å². The molecule has 3 amide bonds. The highest BCUT2D eigenvalue weighted by Crippen LogP contribution is 2.51. The summed E-state index contributed by atoms with van der Waals surface area (Å²) in [7, 11) is -4.01. The number of aliphatic imine (C=N–C) groups is 2. The maximum Gasteiger partial charge on any atom is 0.259 e. The van der Waals surface area contributed by atoms with Gasteiger partial charge in [0.05, 0.1) is 35.6 Å². The van der Waals surface area contributed by atoms with Gasteiger partial charge >= 0.3 is 0 Å². The highest BCUT2D eigenvalue weighted by atomic mass is 32.2. The Morgan fingerprint density at radius 1 is 1.19 bits per heavy atom. The lowest BCUT2D eigenvalue weighted by Crippen LogP contribution is -2.58. The predicted octanol–water partition coefficient (Wildman–Crippen LogP) is 2.54. The fourth-order valence-corrected chi connectivity index (χ4v) is 8.10. The number of halogens is 2. The predicted molar refractivity (Wildman–Crippen MR) is 172 cm³/mol. The molecule has 2 saturated carbocycles. The third kappa shape index (κ3) is 7.93. The zero-order valence-corrected chi connectivity index (χ0v) is 27.8. The van der Waals surface area contributed by atoms with Crippen molar-refractivity contribution in [3.8, 4) is 0 Å². The van der Waals surface area contributed by atoms with Crippen LogP contribution >= 0.6 is 0 Å². The molecule has 3 heterocycles. The summed E-state index contributed by atoms with van der Waals surface area (Å²) in [4.78, 5) is 52.0. The van der Waals surface area contributed by atoms with Gasteiger partial charge in [0.1, 0.15) is 17.7 Å². The normalized spacial score (nSPS) is 35.0. The zero-order valence-electron chi connectivity index (χ0n) is 27.0. The summed E-state index contributed by atoms with van der Waals surface area (Å²) in [5.41, 5.74) is 5.07. The number of nitrogens with one attached hydrogen (secondary N) is 2. The van der Waals surface area contributed by atoms with Crippen molar-refractivity contribution >= 4 is 39.4 Å². The summed E-state index contributed by atoms with van der Waals surface area (Å²) in [6.45, 7) is 7.56. The lowest BCUT2D eigenvalue weighted by atomic mass is 10.0. The number of ether oxygens (including phenoxy) is 1. The van der Waals surface area contributed by atoms with Crippen LogP contribution in [0.2, 0.25) is 0 Å². The van der Waals surface area contributed by atoms with Gasteiger partial charge in [-0.25, -0.2) is 22.2 Å². The SMILES string of the molecule is C=CC=CC1N=C(OC2CC3C(=O)NC4(C(=O)NS(=O)(=O)C5CC5)CC4CC(F)(F)CCCCCC(N)C(=O)N3C2)C(CC)=NC1C. The monoisotopic (exact) mass is 680 g/mol. The Labute approximate surface area is 274 Å². The lowest BCUT2D eigenvalue weighted by molar-refractivity contribution is -0.140. The van der Waals surface area contributed by atoms with E-state index < -0.39 is 81.4 Å². The molecule has 5 rings (SSSR count). The lowest BCUT2D eigenvalue weighted by Gasteiger charge is -2.28. The standard InChI is InChI=1S/C32H46F2N6O6S/c1-4-6-11-25-19(3)36-24(5-2)28(37-25)46-21-15-26-27(41)38-32(30(43)39-47(44,45)22-12-13-22)17-20(32)16-31(33,34)14-9-7-8-10-23(35)29(42)40(26)18-21/h4,6,11,19-23,25-26H,1,5,7-10,12-18,35H2,2-3H3,(H,38,41)(H,39,43). The molecule has 0 radical (unpaired) electrons. The van der Waals surface area contributed by atoms with Crippen LogP contribution in [0.3, 0.4) is 0 Å². The number of fused-ring (bicyclic) bond motifs is 2. The molecule has 47 heavy (non-hydrogen) atoms. The summed E-state index contributed by atoms with van der Waals surface area (Å²) >= 11 is 0. The van der Waals surface area contributed by atoms with E-state index in [9.17, 15) is 22.8 Å². The van der Waals surface area contributed by atoms with E-state index in [1.807, 2.05) is 24.6 Å². The molecule has 7 unspecified atom stereocenters. The Hall–Kier alpha value is -3.20. The number of hydrogen-bond donors (Lipinski definition) is 3. The van der Waals surface area contributed by atoms with Crippen LogP contribution in [-0.2, 0) is 29.1 Å². The number of sulfonamides is 1. The van der Waals surface area contributed by atoms with Crippen molar-refractivity contribution in [3.63, 3.8) is 0 Å². The van der Waals surface area contributed by atoms with E-state index in [0.717, 1.165) is 0 Å². The molecule has 12 nitrogen and oxygen atoms in total. The van der Waals surface area contributed by atoms with Gasteiger partial charge in [-0.05, 0) is 51.4 Å². The van der Waals surface area contributed by atoms with Crippen molar-refractivity contribution < 1.29 is 36.3 Å². The number of amides is 3. The van der Waals surface area contributed by atoms with Crippen molar-refractivity contribution in [1.82, 2.24) is 14.9 Å². The molecule has 0 bridgehead atoms. The van der Waals surface area contributed by atoms with Crippen LogP contribution in [0, 0.1) is 5.92 Å². The minimum Gasteiger partial charge on any atom is -0.471 e. The Balaban J connectivity index is 1.42. The average Bonchev–Trinajstić information content (AvgIpc) is 3.93. The molecule has 2 aliphatic carbocycles. The second kappa shape index (κ2) is 13.7. The number of alkyl halides is 2. The molecule has 3 aliphatic heterocycles. The van der Waals surface area contributed by atoms with E-state index in [0.29, 0.717) is 43.7 Å². The van der Waals surface area contributed by atoms with Crippen LogP contribution in [0.25, 0.3) is 0 Å². The van der Waals surface area contributed by atoms with Gasteiger partial charge in [0.15, 0.2) is 0 Å². The molecule has 2 saturated heterocycles. The van der Waals surface area contributed by atoms with Crippen LogP contribution in [-0.4, -0.2) is 96.2 Å². The third-order valence-corrected chi connectivity index (χ3v) is 11.6. The van der Waals surface area contributed by atoms with Gasteiger partial charge in [0.25, 0.3) is 5.91 Å². The number of rotatable bonds is 7. The van der Waals surface area contributed by atoms with Crippen molar-refractivity contribution in [2.24, 2.45) is 21.6 Å². The summed E-state index contributed by atoms with van der Waals surface area (Å²) in [6, 6.07) is -2.56. The first kappa shape index (κ1) is 35.1. The van der Waals surface area contributed by atoms with E-state index in [4.69, 9.17) is 20.5 Å². The summed E-state index contributed by atoms with van der Waals surface area (Å²) in [6.07, 6.45) is 5.99. The van der Waals surface area contributed by atoms with E-state index in [1.54, 1.807) is 12.2 Å². The first-order valence-electron chi connectivity index (χ1n) is 16.6. The number of nitrogens with two attached hydrogens (primary N) is 1. The number of carbonyl (C=O) groups is 3. The molecular formula is C32H46F2N6O6S. The van der Waals surface area contributed by atoms with Crippen LogP contribution < -0.4 is 15.8 Å². The van der Waals surface area contributed by atoms with Gasteiger partial charge in [-0.3, -0.25) is 24.1 Å². The second-order valence-electron chi connectivity index (χ2n) is 13.5. The molecule has 15 heteroatoms. The zero-order chi connectivity index (χ0) is 34.1. The maximum absolute atomic E-state index is 15.1. The van der Waals surface area contributed by atoms with Gasteiger partial charge in [-0.15, -0.1) is 0 Å². The number of hydrogen-bond acceptors (Lipinski definition) is 9. The molecule has 0 spiro atoms. The van der Waals surface area contributed by atoms with Crippen LogP contribution in [0.1, 0.15) is 84.5 Å². The van der Waals surface area contributed by atoms with Gasteiger partial charge in [-0.2, -0.15) is 0 Å².